The molecule has 0 unspecified atom stereocenters. The van der Waals surface area contributed by atoms with Crippen molar-refractivity contribution in [1.82, 2.24) is 0 Å². The van der Waals surface area contributed by atoms with Gasteiger partial charge in [-0.2, -0.15) is 12.1 Å². The van der Waals surface area contributed by atoms with Gasteiger partial charge in [-0.1, -0.05) is 61.4 Å². The van der Waals surface area contributed by atoms with Gasteiger partial charge in [0.25, 0.3) is 0 Å². The fourth-order valence-corrected chi connectivity index (χ4v) is 5.05. The van der Waals surface area contributed by atoms with E-state index in [4.69, 9.17) is 9.47 Å². The summed E-state index contributed by atoms with van der Waals surface area (Å²) in [6.45, 7) is 7.45. The minimum atomic E-state index is 0. The molecule has 0 atom stereocenters. The van der Waals surface area contributed by atoms with Crippen molar-refractivity contribution >= 4 is 53.2 Å². The first-order valence-corrected chi connectivity index (χ1v) is 17.7. The van der Waals surface area contributed by atoms with Crippen LogP contribution in [0.3, 0.4) is 0 Å². The fraction of sp³-hybridized carbons (Fsp3) is 0.158. The summed E-state index contributed by atoms with van der Waals surface area (Å²) in [6.07, 6.45) is 2.16. The van der Waals surface area contributed by atoms with Crippen LogP contribution >= 0.6 is 24.8 Å². The van der Waals surface area contributed by atoms with E-state index in [-0.39, 0.29) is 39.7 Å². The van der Waals surface area contributed by atoms with Crippen LogP contribution in [-0.2, 0) is 36.2 Å². The molecule has 0 saturated carbocycles. The van der Waals surface area contributed by atoms with Crippen molar-refractivity contribution in [3.8, 4) is 33.8 Å². The SMILES string of the molecule is CCc1cc2c(-c3ccc(OC)cc3)cccc2[cH-]1.CCc1cc2c(-c3ccc(OC)cc3)cccc2[cH-]1.Cl.Cl.[CH3-].[CH3-].[Si]=[Zr]. The second-order valence-corrected chi connectivity index (χ2v) is 9.51. The van der Waals surface area contributed by atoms with Crippen molar-refractivity contribution in [2.75, 3.05) is 14.2 Å². The molecule has 0 aliphatic heterocycles. The average Bonchev–Trinajstić information content (AvgIpc) is 3.66. The van der Waals surface area contributed by atoms with Crippen LogP contribution in [-0.4, -0.2) is 21.1 Å². The monoisotopic (exact) mass is 718 g/mol. The number of hydrogen-bond donors (Lipinski definition) is 0. The Bertz CT molecular complexity index is 1550. The molecule has 0 aliphatic carbocycles. The van der Waals surface area contributed by atoms with Crippen LogP contribution in [0.25, 0.3) is 43.8 Å². The van der Waals surface area contributed by atoms with Crippen molar-refractivity contribution < 1.29 is 32.8 Å². The number of hydrogen-bond acceptors (Lipinski definition) is 2. The van der Waals surface area contributed by atoms with E-state index in [1.807, 2.05) is 24.3 Å². The molecule has 0 aromatic heterocycles. The van der Waals surface area contributed by atoms with E-state index in [0.29, 0.717) is 0 Å². The molecule has 6 aromatic carbocycles. The van der Waals surface area contributed by atoms with E-state index in [0.717, 1.165) is 24.3 Å². The molecule has 44 heavy (non-hydrogen) atoms. The Kier molecular flexibility index (Phi) is 19.2. The zero-order valence-electron chi connectivity index (χ0n) is 26.4. The second-order valence-electron chi connectivity index (χ2n) is 9.51. The van der Waals surface area contributed by atoms with Gasteiger partial charge in [-0.05, 0) is 48.2 Å². The molecular weight excluding hydrogens is 679 g/mol. The molecule has 232 valence electrons. The van der Waals surface area contributed by atoms with Crippen LogP contribution in [0.1, 0.15) is 25.0 Å². The maximum atomic E-state index is 5.21. The topological polar surface area (TPSA) is 18.5 Å². The van der Waals surface area contributed by atoms with Gasteiger partial charge in [0.1, 0.15) is 11.5 Å². The van der Waals surface area contributed by atoms with Gasteiger partial charge in [0, 0.05) is 0 Å². The summed E-state index contributed by atoms with van der Waals surface area (Å²) in [6, 6.07) is 38.7. The molecule has 6 heteroatoms. The van der Waals surface area contributed by atoms with Gasteiger partial charge >= 0.3 is 30.2 Å². The molecule has 6 aromatic rings. The van der Waals surface area contributed by atoms with Gasteiger partial charge in [-0.3, -0.25) is 0 Å². The Morgan fingerprint density at radius 2 is 0.909 bits per heavy atom. The summed E-state index contributed by atoms with van der Waals surface area (Å²) in [5.41, 5.74) is 7.85. The number of benzene rings is 4. The van der Waals surface area contributed by atoms with Gasteiger partial charge in [0.05, 0.1) is 14.2 Å². The Morgan fingerprint density at radius 3 is 1.20 bits per heavy atom. The van der Waals surface area contributed by atoms with E-state index >= 15 is 0 Å². The zero-order valence-corrected chi connectivity index (χ0v) is 31.5. The normalized spacial score (nSPS) is 9.43. The predicted octanol–water partition coefficient (Wildman–Crippen LogP) is 11.0. The summed E-state index contributed by atoms with van der Waals surface area (Å²) in [4.78, 5) is 0. The summed E-state index contributed by atoms with van der Waals surface area (Å²) in [7, 11) is 3.39. The first-order valence-electron chi connectivity index (χ1n) is 13.5. The van der Waals surface area contributed by atoms with E-state index in [2.05, 4.69) is 106 Å². The van der Waals surface area contributed by atoms with E-state index in [1.54, 1.807) is 14.2 Å². The third kappa shape index (κ3) is 9.69. The molecule has 2 nitrogen and oxygen atoms in total. The Hall–Kier alpha value is -2.62. The maximum absolute atomic E-state index is 5.21. The van der Waals surface area contributed by atoms with Gasteiger partial charge in [-0.15, -0.1) is 93.9 Å². The summed E-state index contributed by atoms with van der Waals surface area (Å²) >= 11 is 1.36. The number of aryl methyl sites for hydroxylation is 2. The van der Waals surface area contributed by atoms with Crippen LogP contribution in [0, 0.1) is 14.9 Å². The average molecular weight is 721 g/mol. The van der Waals surface area contributed by atoms with Gasteiger partial charge in [0.15, 0.2) is 0 Å². The van der Waals surface area contributed by atoms with Crippen LogP contribution in [0.15, 0.2) is 109 Å². The molecule has 0 saturated heterocycles. The number of halogens is 2. The van der Waals surface area contributed by atoms with Gasteiger partial charge in [-0.25, -0.2) is 0 Å². The van der Waals surface area contributed by atoms with Gasteiger partial charge in [0.2, 0.25) is 0 Å². The van der Waals surface area contributed by atoms with Crippen molar-refractivity contribution in [2.24, 2.45) is 0 Å². The van der Waals surface area contributed by atoms with Crippen molar-refractivity contribution in [3.63, 3.8) is 0 Å². The van der Waals surface area contributed by atoms with Crippen LogP contribution in [0.5, 0.6) is 11.5 Å². The first kappa shape index (κ1) is 41.4. The molecule has 0 amide bonds. The third-order valence-electron chi connectivity index (χ3n) is 7.24. The summed E-state index contributed by atoms with van der Waals surface area (Å²) in [5.74, 6) is 1.79. The number of methoxy groups -OCH3 is 2. The summed E-state index contributed by atoms with van der Waals surface area (Å²) < 4.78 is 10.4. The molecule has 2 radical (unpaired) electrons. The molecule has 0 heterocycles. The van der Waals surface area contributed by atoms with E-state index in [9.17, 15) is 0 Å². The Balaban J connectivity index is 0.000000733. The second kappa shape index (κ2) is 20.4. The van der Waals surface area contributed by atoms with Crippen LogP contribution in [0.4, 0.5) is 0 Å². The van der Waals surface area contributed by atoms with Crippen molar-refractivity contribution in [3.05, 3.63) is 135 Å². The Morgan fingerprint density at radius 1 is 0.568 bits per heavy atom. The van der Waals surface area contributed by atoms with Crippen LogP contribution in [0.2, 0.25) is 0 Å². The quantitative estimate of drug-likeness (QED) is 0.126. The number of fused-ring (bicyclic) bond motifs is 2. The zero-order chi connectivity index (χ0) is 28.5. The van der Waals surface area contributed by atoms with Crippen LogP contribution < -0.4 is 9.47 Å². The molecule has 0 aliphatic rings. The molecule has 0 spiro atoms. The third-order valence-corrected chi connectivity index (χ3v) is 7.24. The molecular formula is C38H42Cl2O2SiZr-4. The minimum absolute atomic E-state index is 0. The van der Waals surface area contributed by atoms with Crippen molar-refractivity contribution in [2.45, 2.75) is 26.7 Å². The first-order chi connectivity index (χ1) is 19.6. The molecule has 0 bridgehead atoms. The standard InChI is InChI=1S/2C18H17O.2CH3.2ClH.Si.Zr/c2*1-3-13-11-15-5-4-6-17(18(15)12-13)14-7-9-16(19-2)10-8-14;;;;;;/h2*4-12H,3H2,1-2H3;2*1H3;2*1H;;/q4*-1;;;;. The fourth-order valence-electron chi connectivity index (χ4n) is 5.05. The van der Waals surface area contributed by atoms with E-state index in [1.165, 1.54) is 78.3 Å². The predicted molar refractivity (Wildman–Crippen MR) is 195 cm³/mol. The van der Waals surface area contributed by atoms with Crippen molar-refractivity contribution in [1.29, 1.82) is 0 Å². The molecule has 0 fully saturated rings. The molecule has 6 rings (SSSR count). The number of rotatable bonds is 6. The Labute approximate surface area is 293 Å². The number of ether oxygens (including phenoxy) is 2. The van der Waals surface area contributed by atoms with Gasteiger partial charge < -0.3 is 24.3 Å². The van der Waals surface area contributed by atoms with E-state index < -0.39 is 0 Å². The summed E-state index contributed by atoms with van der Waals surface area (Å²) in [5, 5.41) is 5.32. The molecule has 0 N–H and O–H groups in total.